The van der Waals surface area contributed by atoms with Crippen LogP contribution in [-0.2, 0) is 27.4 Å². The van der Waals surface area contributed by atoms with Crippen LogP contribution >= 0.6 is 0 Å². The average Bonchev–Trinajstić information content (AvgIpc) is 2.76. The van der Waals surface area contributed by atoms with Gasteiger partial charge >= 0.3 is 6.09 Å². The normalized spacial score (nSPS) is 12.5. The number of hydrogen-bond donors (Lipinski definition) is 2. The van der Waals surface area contributed by atoms with Crippen molar-refractivity contribution in [3.63, 3.8) is 0 Å². The van der Waals surface area contributed by atoms with Crippen LogP contribution in [0.15, 0.2) is 60.7 Å². The first-order valence-electron chi connectivity index (χ1n) is 9.99. The SMILES string of the molecule is CCCC(C(N)=O)N(C)C(=O)C(Cc1ccccc1)NC(=O)OCc1ccccc1. The Morgan fingerprint density at radius 2 is 1.57 bits per heavy atom. The highest BCUT2D eigenvalue weighted by Gasteiger charge is 2.31. The molecule has 0 aliphatic rings. The van der Waals surface area contributed by atoms with Gasteiger partial charge in [0.1, 0.15) is 18.7 Å². The largest absolute Gasteiger partial charge is 0.445 e. The molecular weight excluding hydrogens is 382 g/mol. The number of nitrogens with two attached hydrogens (primary N) is 1. The lowest BCUT2D eigenvalue weighted by Gasteiger charge is -2.29. The van der Waals surface area contributed by atoms with Crippen LogP contribution < -0.4 is 11.1 Å². The molecule has 0 aliphatic carbocycles. The summed E-state index contributed by atoms with van der Waals surface area (Å²) in [5, 5.41) is 2.65. The molecule has 0 heterocycles. The highest BCUT2D eigenvalue weighted by Crippen LogP contribution is 2.11. The van der Waals surface area contributed by atoms with Crippen molar-refractivity contribution in [2.45, 2.75) is 44.9 Å². The molecule has 7 heteroatoms. The predicted octanol–water partition coefficient (Wildman–Crippen LogP) is 2.64. The zero-order valence-corrected chi connectivity index (χ0v) is 17.4. The van der Waals surface area contributed by atoms with E-state index in [1.54, 1.807) is 0 Å². The van der Waals surface area contributed by atoms with E-state index < -0.39 is 30.0 Å². The Kier molecular flexibility index (Phi) is 8.87. The van der Waals surface area contributed by atoms with Gasteiger partial charge in [-0.1, -0.05) is 74.0 Å². The van der Waals surface area contributed by atoms with Crippen molar-refractivity contribution in [3.05, 3.63) is 71.8 Å². The maximum atomic E-state index is 13.1. The van der Waals surface area contributed by atoms with Gasteiger partial charge in [-0.15, -0.1) is 0 Å². The summed E-state index contributed by atoms with van der Waals surface area (Å²) in [5.41, 5.74) is 7.20. The molecule has 3 N–H and O–H groups in total. The lowest BCUT2D eigenvalue weighted by Crippen LogP contribution is -2.54. The van der Waals surface area contributed by atoms with Gasteiger partial charge in [-0.25, -0.2) is 4.79 Å². The van der Waals surface area contributed by atoms with Crippen molar-refractivity contribution in [1.29, 1.82) is 0 Å². The summed E-state index contributed by atoms with van der Waals surface area (Å²) in [6.07, 6.45) is 0.713. The lowest BCUT2D eigenvalue weighted by molar-refractivity contribution is -0.139. The quantitative estimate of drug-likeness (QED) is 0.627. The van der Waals surface area contributed by atoms with E-state index in [-0.39, 0.29) is 13.0 Å². The number of ether oxygens (including phenoxy) is 1. The number of carbonyl (C=O) groups excluding carboxylic acids is 3. The molecule has 2 aromatic rings. The third kappa shape index (κ3) is 6.92. The van der Waals surface area contributed by atoms with Crippen LogP contribution in [-0.4, -0.2) is 41.9 Å². The van der Waals surface area contributed by atoms with Crippen LogP contribution in [0, 0.1) is 0 Å². The Balaban J connectivity index is 2.11. The van der Waals surface area contributed by atoms with Gasteiger partial charge in [0.05, 0.1) is 0 Å². The van der Waals surface area contributed by atoms with E-state index in [0.29, 0.717) is 12.8 Å². The number of benzene rings is 2. The standard InChI is InChI=1S/C23H29N3O4/c1-3-10-20(21(24)27)26(2)22(28)19(15-17-11-6-4-7-12-17)25-23(29)30-16-18-13-8-5-9-14-18/h4-9,11-14,19-20H,3,10,15-16H2,1-2H3,(H2,24,27)(H,25,29). The van der Waals surface area contributed by atoms with Crippen molar-refractivity contribution in [2.75, 3.05) is 7.05 Å². The van der Waals surface area contributed by atoms with E-state index in [0.717, 1.165) is 11.1 Å². The summed E-state index contributed by atoms with van der Waals surface area (Å²) < 4.78 is 5.27. The molecule has 0 bridgehead atoms. The number of alkyl carbamates (subject to hydrolysis) is 1. The number of nitrogens with zero attached hydrogens (tertiary/aromatic N) is 1. The molecule has 0 saturated heterocycles. The van der Waals surface area contributed by atoms with Crippen LogP contribution in [0.1, 0.15) is 30.9 Å². The number of carbonyl (C=O) groups is 3. The van der Waals surface area contributed by atoms with Gasteiger partial charge in [-0.3, -0.25) is 9.59 Å². The Bertz CT molecular complexity index is 827. The number of amides is 3. The summed E-state index contributed by atoms with van der Waals surface area (Å²) in [6, 6.07) is 17.0. The number of nitrogens with one attached hydrogen (secondary N) is 1. The first-order chi connectivity index (χ1) is 14.4. The highest BCUT2D eigenvalue weighted by atomic mass is 16.5. The molecule has 2 unspecified atom stereocenters. The predicted molar refractivity (Wildman–Crippen MR) is 114 cm³/mol. The summed E-state index contributed by atoms with van der Waals surface area (Å²) >= 11 is 0. The molecule has 2 rings (SSSR count). The summed E-state index contributed by atoms with van der Waals surface area (Å²) in [6.45, 7) is 2.00. The van der Waals surface area contributed by atoms with Crippen LogP contribution in [0.2, 0.25) is 0 Å². The topological polar surface area (TPSA) is 102 Å². The zero-order chi connectivity index (χ0) is 21.9. The van der Waals surface area contributed by atoms with E-state index in [1.807, 2.05) is 67.6 Å². The molecule has 7 nitrogen and oxygen atoms in total. The van der Waals surface area contributed by atoms with Gasteiger partial charge in [0.25, 0.3) is 0 Å². The van der Waals surface area contributed by atoms with Gasteiger partial charge in [-0.05, 0) is 17.5 Å². The second-order valence-electron chi connectivity index (χ2n) is 7.10. The number of rotatable bonds is 10. The molecule has 0 radical (unpaired) electrons. The van der Waals surface area contributed by atoms with Gasteiger partial charge < -0.3 is 20.7 Å². The van der Waals surface area contributed by atoms with Gasteiger partial charge in [0.2, 0.25) is 11.8 Å². The van der Waals surface area contributed by atoms with Crippen LogP contribution in [0.5, 0.6) is 0 Å². The monoisotopic (exact) mass is 411 g/mol. The number of primary amides is 1. The van der Waals surface area contributed by atoms with Crippen molar-refractivity contribution in [2.24, 2.45) is 5.73 Å². The fourth-order valence-corrected chi connectivity index (χ4v) is 3.16. The smallest absolute Gasteiger partial charge is 0.408 e. The third-order valence-electron chi connectivity index (χ3n) is 4.79. The van der Waals surface area contributed by atoms with Crippen molar-refractivity contribution in [1.82, 2.24) is 10.2 Å². The minimum absolute atomic E-state index is 0.0918. The Labute approximate surface area is 177 Å². The fourth-order valence-electron chi connectivity index (χ4n) is 3.16. The van der Waals surface area contributed by atoms with E-state index in [2.05, 4.69) is 5.32 Å². The Hall–Kier alpha value is -3.35. The Morgan fingerprint density at radius 1 is 1.00 bits per heavy atom. The lowest BCUT2D eigenvalue weighted by atomic mass is 10.0. The molecule has 0 saturated carbocycles. The maximum absolute atomic E-state index is 13.1. The van der Waals surface area contributed by atoms with E-state index in [1.165, 1.54) is 11.9 Å². The molecule has 2 atom stereocenters. The molecule has 160 valence electrons. The second kappa shape index (κ2) is 11.6. The van der Waals surface area contributed by atoms with Gasteiger partial charge in [0.15, 0.2) is 0 Å². The molecule has 30 heavy (non-hydrogen) atoms. The number of hydrogen-bond acceptors (Lipinski definition) is 4. The molecule has 2 aromatic carbocycles. The van der Waals surface area contributed by atoms with Crippen LogP contribution in [0.4, 0.5) is 4.79 Å². The summed E-state index contributed by atoms with van der Waals surface area (Å²) in [7, 11) is 1.53. The van der Waals surface area contributed by atoms with Crippen molar-refractivity contribution in [3.8, 4) is 0 Å². The average molecular weight is 412 g/mol. The molecule has 3 amide bonds. The minimum Gasteiger partial charge on any atom is -0.445 e. The molecule has 0 fully saturated rings. The first kappa shape index (κ1) is 22.9. The van der Waals surface area contributed by atoms with Crippen LogP contribution in [0.3, 0.4) is 0 Å². The van der Waals surface area contributed by atoms with Crippen molar-refractivity contribution < 1.29 is 19.1 Å². The Morgan fingerprint density at radius 3 is 2.10 bits per heavy atom. The minimum atomic E-state index is -0.889. The molecule has 0 aliphatic heterocycles. The fraction of sp³-hybridized carbons (Fsp3) is 0.348. The summed E-state index contributed by atoms with van der Waals surface area (Å²) in [5.74, 6) is -0.967. The molecule has 0 aromatic heterocycles. The molecular formula is C23H29N3O4. The highest BCUT2D eigenvalue weighted by molar-refractivity contribution is 5.90. The van der Waals surface area contributed by atoms with Crippen molar-refractivity contribution >= 4 is 17.9 Å². The molecule has 0 spiro atoms. The zero-order valence-electron chi connectivity index (χ0n) is 17.4. The number of likely N-dealkylation sites (N-methyl/N-ethyl adjacent to an activating group) is 1. The second-order valence-corrected chi connectivity index (χ2v) is 7.10. The van der Waals surface area contributed by atoms with Crippen LogP contribution in [0.25, 0.3) is 0 Å². The van der Waals surface area contributed by atoms with E-state index >= 15 is 0 Å². The third-order valence-corrected chi connectivity index (χ3v) is 4.79. The van der Waals surface area contributed by atoms with E-state index in [4.69, 9.17) is 10.5 Å². The van der Waals surface area contributed by atoms with Gasteiger partial charge in [-0.2, -0.15) is 0 Å². The first-order valence-corrected chi connectivity index (χ1v) is 9.99. The maximum Gasteiger partial charge on any atom is 0.408 e. The van der Waals surface area contributed by atoms with E-state index in [9.17, 15) is 14.4 Å². The summed E-state index contributed by atoms with van der Waals surface area (Å²) in [4.78, 5) is 38.6. The van der Waals surface area contributed by atoms with Gasteiger partial charge in [0, 0.05) is 13.5 Å².